The minimum Gasteiger partial charge on any atom is -0.444 e. The molecule has 0 aliphatic rings. The van der Waals surface area contributed by atoms with Crippen LogP contribution < -0.4 is 10.6 Å². The van der Waals surface area contributed by atoms with Crippen LogP contribution in [-0.2, 0) is 22.7 Å². The quantitative estimate of drug-likeness (QED) is 0.468. The van der Waals surface area contributed by atoms with Crippen LogP contribution >= 0.6 is 23.2 Å². The van der Waals surface area contributed by atoms with Crippen molar-refractivity contribution < 1.29 is 19.1 Å². The smallest absolute Gasteiger partial charge is 0.414 e. The van der Waals surface area contributed by atoms with Gasteiger partial charge >= 0.3 is 12.2 Å². The van der Waals surface area contributed by atoms with Crippen molar-refractivity contribution in [2.24, 2.45) is 10.9 Å². The Balaban J connectivity index is 1.91. The fourth-order valence-electron chi connectivity index (χ4n) is 2.17. The molecule has 0 heterocycles. The first-order chi connectivity index (χ1) is 14.3. The molecule has 160 valence electrons. The monoisotopic (exact) mass is 451 g/mol. The van der Waals surface area contributed by atoms with Gasteiger partial charge in [0.1, 0.15) is 13.2 Å². The van der Waals surface area contributed by atoms with E-state index in [1.165, 1.54) is 0 Å². The zero-order valence-electron chi connectivity index (χ0n) is 16.7. The summed E-state index contributed by atoms with van der Waals surface area (Å²) in [6.07, 6.45) is -1.58. The van der Waals surface area contributed by atoms with Crippen LogP contribution in [0.5, 0.6) is 0 Å². The minimum atomic E-state index is -0.788. The van der Waals surface area contributed by atoms with E-state index in [9.17, 15) is 9.59 Å². The van der Waals surface area contributed by atoms with Crippen LogP contribution in [0.3, 0.4) is 0 Å². The van der Waals surface area contributed by atoms with Crippen molar-refractivity contribution in [1.82, 2.24) is 10.6 Å². The van der Waals surface area contributed by atoms with Crippen LogP contribution in [0, 0.1) is 5.92 Å². The van der Waals surface area contributed by atoms with E-state index in [-0.39, 0.29) is 25.1 Å². The highest BCUT2D eigenvalue weighted by molar-refractivity contribution is 6.31. The number of hydrogen-bond acceptors (Lipinski definition) is 5. The molecule has 0 aromatic heterocycles. The topological polar surface area (TPSA) is 89.0 Å². The van der Waals surface area contributed by atoms with Crippen LogP contribution in [-0.4, -0.2) is 24.7 Å². The Morgan fingerprint density at radius 1 is 0.867 bits per heavy atom. The van der Waals surface area contributed by atoms with Crippen molar-refractivity contribution in [2.75, 3.05) is 6.54 Å². The predicted molar refractivity (Wildman–Crippen MR) is 117 cm³/mol. The first-order valence-corrected chi connectivity index (χ1v) is 9.99. The van der Waals surface area contributed by atoms with Gasteiger partial charge in [0.25, 0.3) is 0 Å². The number of benzene rings is 2. The summed E-state index contributed by atoms with van der Waals surface area (Å²) in [6.45, 7) is 4.23. The largest absolute Gasteiger partial charge is 0.444 e. The first kappa shape index (κ1) is 23.5. The molecule has 2 N–H and O–H groups in total. The number of alkyl carbamates (subject to hydrolysis) is 2. The SMILES string of the molecule is CC(C)CN=C(NC(=O)OCc1ccccc1Cl)NC(=O)OCc1ccccc1Cl. The Morgan fingerprint density at radius 3 is 1.70 bits per heavy atom. The summed E-state index contributed by atoms with van der Waals surface area (Å²) in [7, 11) is 0. The first-order valence-electron chi connectivity index (χ1n) is 9.24. The Morgan fingerprint density at radius 2 is 1.30 bits per heavy atom. The fraction of sp³-hybridized carbons (Fsp3) is 0.286. The average molecular weight is 452 g/mol. The van der Waals surface area contributed by atoms with Gasteiger partial charge in [-0.1, -0.05) is 73.4 Å². The van der Waals surface area contributed by atoms with Gasteiger partial charge in [0, 0.05) is 27.7 Å². The minimum absolute atomic E-state index is 0.0279. The Labute approximate surface area is 185 Å². The van der Waals surface area contributed by atoms with Gasteiger partial charge in [-0.3, -0.25) is 15.6 Å². The lowest BCUT2D eigenvalue weighted by Crippen LogP contribution is -2.44. The summed E-state index contributed by atoms with van der Waals surface area (Å²) < 4.78 is 10.3. The van der Waals surface area contributed by atoms with Crippen LogP contribution in [0.4, 0.5) is 9.59 Å². The highest BCUT2D eigenvalue weighted by Gasteiger charge is 2.13. The normalized spacial score (nSPS) is 10.3. The van der Waals surface area contributed by atoms with Crippen molar-refractivity contribution in [2.45, 2.75) is 27.1 Å². The number of carbonyl (C=O) groups is 2. The molecule has 0 radical (unpaired) electrons. The lowest BCUT2D eigenvalue weighted by molar-refractivity contribution is 0.141. The number of halogens is 2. The van der Waals surface area contributed by atoms with E-state index >= 15 is 0 Å². The summed E-state index contributed by atoms with van der Waals surface area (Å²) in [5, 5.41) is 5.79. The number of hydrogen-bond donors (Lipinski definition) is 2. The highest BCUT2D eigenvalue weighted by atomic mass is 35.5. The molecule has 0 atom stereocenters. The summed E-state index contributed by atoms with van der Waals surface area (Å²) >= 11 is 12.1. The highest BCUT2D eigenvalue weighted by Crippen LogP contribution is 2.16. The predicted octanol–water partition coefficient (Wildman–Crippen LogP) is 5.16. The molecule has 0 unspecified atom stereocenters. The summed E-state index contributed by atoms with van der Waals surface area (Å²) in [6, 6.07) is 14.0. The number of ether oxygens (including phenoxy) is 2. The molecule has 7 nitrogen and oxygen atoms in total. The molecule has 9 heteroatoms. The number of amides is 2. The third-order valence-electron chi connectivity index (χ3n) is 3.69. The molecule has 0 aliphatic carbocycles. The van der Waals surface area contributed by atoms with Gasteiger partial charge in [0.05, 0.1) is 0 Å². The van der Waals surface area contributed by atoms with Gasteiger partial charge in [-0.25, -0.2) is 9.59 Å². The maximum atomic E-state index is 12.1. The van der Waals surface area contributed by atoms with E-state index in [1.807, 2.05) is 13.8 Å². The van der Waals surface area contributed by atoms with Gasteiger partial charge < -0.3 is 9.47 Å². The van der Waals surface area contributed by atoms with Crippen LogP contribution in [0.25, 0.3) is 0 Å². The molecular weight excluding hydrogens is 429 g/mol. The molecule has 2 aromatic carbocycles. The maximum Gasteiger partial charge on any atom is 0.414 e. The third kappa shape index (κ3) is 8.31. The van der Waals surface area contributed by atoms with Gasteiger partial charge in [0.15, 0.2) is 0 Å². The van der Waals surface area contributed by atoms with Crippen molar-refractivity contribution in [3.63, 3.8) is 0 Å². The van der Waals surface area contributed by atoms with Crippen LogP contribution in [0.15, 0.2) is 53.5 Å². The second-order valence-corrected chi connectivity index (χ2v) is 7.48. The van der Waals surface area contributed by atoms with E-state index < -0.39 is 12.2 Å². The Bertz CT molecular complexity index is 838. The molecular formula is C21H23Cl2N3O4. The molecule has 0 bridgehead atoms. The summed E-state index contributed by atoms with van der Waals surface area (Å²) in [5.41, 5.74) is 1.31. The Kier molecular flexibility index (Phi) is 9.44. The van der Waals surface area contributed by atoms with Crippen LogP contribution in [0.2, 0.25) is 10.0 Å². The van der Waals surface area contributed by atoms with Gasteiger partial charge in [-0.2, -0.15) is 0 Å². The lowest BCUT2D eigenvalue weighted by Gasteiger charge is -2.13. The number of carbonyl (C=O) groups excluding carboxylic acids is 2. The van der Waals surface area contributed by atoms with Crippen molar-refractivity contribution in [3.8, 4) is 0 Å². The van der Waals surface area contributed by atoms with Crippen molar-refractivity contribution >= 4 is 41.3 Å². The molecule has 0 fully saturated rings. The summed E-state index contributed by atoms with van der Waals surface area (Å²) in [4.78, 5) is 28.4. The van der Waals surface area contributed by atoms with Crippen LogP contribution in [0.1, 0.15) is 25.0 Å². The molecule has 0 saturated carbocycles. The molecule has 0 spiro atoms. The standard InChI is InChI=1S/C21H23Cl2N3O4/c1-14(2)11-24-19(25-20(27)29-12-15-7-3-5-9-17(15)22)26-21(28)30-13-16-8-4-6-10-18(16)23/h3-10,14H,11-13H2,1-2H3,(H2,24,25,26,27,28). The molecule has 30 heavy (non-hydrogen) atoms. The number of nitrogens with one attached hydrogen (secondary N) is 2. The number of rotatable bonds is 6. The number of guanidine groups is 1. The molecule has 2 rings (SSSR count). The number of aliphatic imine (C=N–C) groups is 1. The van der Waals surface area contributed by atoms with E-state index in [4.69, 9.17) is 32.7 Å². The lowest BCUT2D eigenvalue weighted by atomic mass is 10.2. The summed E-state index contributed by atoms with van der Waals surface area (Å²) in [5.74, 6) is 0.138. The zero-order chi connectivity index (χ0) is 21.9. The second-order valence-electron chi connectivity index (χ2n) is 6.67. The molecule has 2 amide bonds. The van der Waals surface area contributed by atoms with E-state index in [0.717, 1.165) is 0 Å². The van der Waals surface area contributed by atoms with E-state index in [0.29, 0.717) is 27.7 Å². The number of nitrogens with zero attached hydrogens (tertiary/aromatic N) is 1. The van der Waals surface area contributed by atoms with E-state index in [1.54, 1.807) is 48.5 Å². The van der Waals surface area contributed by atoms with Crippen molar-refractivity contribution in [3.05, 3.63) is 69.7 Å². The van der Waals surface area contributed by atoms with E-state index in [2.05, 4.69) is 15.6 Å². The fourth-order valence-corrected chi connectivity index (χ4v) is 2.55. The van der Waals surface area contributed by atoms with Gasteiger partial charge in [-0.05, 0) is 18.1 Å². The molecule has 0 aliphatic heterocycles. The average Bonchev–Trinajstić information content (AvgIpc) is 2.71. The van der Waals surface area contributed by atoms with Gasteiger partial charge in [0.2, 0.25) is 5.96 Å². The third-order valence-corrected chi connectivity index (χ3v) is 4.43. The van der Waals surface area contributed by atoms with Gasteiger partial charge in [-0.15, -0.1) is 0 Å². The maximum absolute atomic E-state index is 12.1. The Hall–Kier alpha value is -2.77. The molecule has 2 aromatic rings. The molecule has 0 saturated heterocycles. The van der Waals surface area contributed by atoms with Crippen molar-refractivity contribution in [1.29, 1.82) is 0 Å². The second kappa shape index (κ2) is 12.0. The zero-order valence-corrected chi connectivity index (χ0v) is 18.2.